The summed E-state index contributed by atoms with van der Waals surface area (Å²) in [6.45, 7) is 4.35. The quantitative estimate of drug-likeness (QED) is 0.879. The van der Waals surface area contributed by atoms with Crippen molar-refractivity contribution < 1.29 is 19.3 Å². The highest BCUT2D eigenvalue weighted by atomic mass is 16.8. The van der Waals surface area contributed by atoms with Crippen molar-refractivity contribution in [2.45, 2.75) is 25.7 Å². The third kappa shape index (κ3) is 1.88. The maximum Gasteiger partial charge on any atom is 0.230 e. The van der Waals surface area contributed by atoms with Crippen molar-refractivity contribution in [3.05, 3.63) is 58.7 Å². The number of aliphatic hydroxyl groups is 1. The molecule has 2 aromatic carbocycles. The summed E-state index contributed by atoms with van der Waals surface area (Å²) in [4.78, 5) is 0. The van der Waals surface area contributed by atoms with Crippen molar-refractivity contribution in [2.75, 3.05) is 13.2 Å². The number of aliphatic hydroxyl groups excluding tert-OH is 1. The maximum atomic E-state index is 9.45. The third-order valence-electron chi connectivity index (χ3n) is 4.21. The normalized spacial score (nSPS) is 21.3. The molecule has 1 N–H and O–H groups in total. The fourth-order valence-electron chi connectivity index (χ4n) is 3.13. The summed E-state index contributed by atoms with van der Waals surface area (Å²) in [5.74, 6) is 0.482. The third-order valence-corrected chi connectivity index (χ3v) is 4.21. The summed E-state index contributed by atoms with van der Waals surface area (Å²) in [6, 6.07) is 11.9. The lowest BCUT2D eigenvalue weighted by Gasteiger charge is -2.36. The monoisotopic (exact) mass is 298 g/mol. The van der Waals surface area contributed by atoms with E-state index in [0.717, 1.165) is 33.8 Å². The van der Waals surface area contributed by atoms with Gasteiger partial charge in [-0.1, -0.05) is 23.3 Å². The molecular formula is C18H18O4. The molecule has 0 radical (unpaired) electrons. The average Bonchev–Trinajstić information content (AvgIpc) is 2.95. The van der Waals surface area contributed by atoms with Gasteiger partial charge in [-0.15, -0.1) is 0 Å². The largest absolute Gasteiger partial charge is 0.456 e. The van der Waals surface area contributed by atoms with E-state index in [-0.39, 0.29) is 12.7 Å². The molecule has 1 saturated heterocycles. The standard InChI is InChI=1S/C18H18O4/c1-11-3-5-16-14(7-11)18(20-10-13(9-19)22-18)15-8-12(2)4-6-17(15)21-16/h3-8,13,19H,9-10H2,1-2H3/t13-/m0/s1. The van der Waals surface area contributed by atoms with Gasteiger partial charge in [0.1, 0.15) is 17.6 Å². The van der Waals surface area contributed by atoms with E-state index < -0.39 is 5.79 Å². The van der Waals surface area contributed by atoms with E-state index in [4.69, 9.17) is 14.2 Å². The van der Waals surface area contributed by atoms with Crippen LogP contribution in [0.4, 0.5) is 0 Å². The molecule has 0 amide bonds. The Labute approximate surface area is 129 Å². The lowest BCUT2D eigenvalue weighted by molar-refractivity contribution is -0.151. The minimum Gasteiger partial charge on any atom is -0.456 e. The van der Waals surface area contributed by atoms with E-state index in [9.17, 15) is 5.11 Å². The first-order chi connectivity index (χ1) is 10.6. The Hall–Kier alpha value is -1.88. The van der Waals surface area contributed by atoms with Gasteiger partial charge in [0.25, 0.3) is 0 Å². The van der Waals surface area contributed by atoms with Gasteiger partial charge in [-0.3, -0.25) is 0 Å². The van der Waals surface area contributed by atoms with Gasteiger partial charge in [-0.05, 0) is 38.1 Å². The summed E-state index contributed by atoms with van der Waals surface area (Å²) < 4.78 is 18.3. The van der Waals surface area contributed by atoms with Crippen molar-refractivity contribution in [3.8, 4) is 11.5 Å². The number of rotatable bonds is 1. The molecule has 1 atom stereocenters. The second-order valence-electron chi connectivity index (χ2n) is 5.95. The number of ether oxygens (including phenoxy) is 3. The second kappa shape index (κ2) is 4.81. The van der Waals surface area contributed by atoms with Gasteiger partial charge in [0.2, 0.25) is 5.79 Å². The molecule has 0 bridgehead atoms. The van der Waals surface area contributed by atoms with E-state index in [1.54, 1.807) is 0 Å². The Morgan fingerprint density at radius 3 is 2.14 bits per heavy atom. The summed E-state index contributed by atoms with van der Waals surface area (Å²) in [6.07, 6.45) is -0.333. The predicted octanol–water partition coefficient (Wildman–Crippen LogP) is 3.02. The number of hydrogen-bond donors (Lipinski definition) is 1. The van der Waals surface area contributed by atoms with Gasteiger partial charge < -0.3 is 19.3 Å². The van der Waals surface area contributed by atoms with Gasteiger partial charge in [-0.2, -0.15) is 0 Å². The second-order valence-corrected chi connectivity index (χ2v) is 5.95. The maximum absolute atomic E-state index is 9.45. The van der Waals surface area contributed by atoms with E-state index in [2.05, 4.69) is 0 Å². The van der Waals surface area contributed by atoms with Crippen LogP contribution in [0.2, 0.25) is 0 Å². The van der Waals surface area contributed by atoms with Crippen LogP contribution in [0.3, 0.4) is 0 Å². The Balaban J connectivity index is 1.96. The lowest BCUT2D eigenvalue weighted by Crippen LogP contribution is -2.33. The fourth-order valence-corrected chi connectivity index (χ4v) is 3.13. The Morgan fingerprint density at radius 1 is 1.05 bits per heavy atom. The molecule has 4 nitrogen and oxygen atoms in total. The summed E-state index contributed by atoms with van der Waals surface area (Å²) >= 11 is 0. The lowest BCUT2D eigenvalue weighted by atomic mass is 9.91. The van der Waals surface area contributed by atoms with Crippen molar-refractivity contribution in [1.29, 1.82) is 0 Å². The molecule has 1 spiro atoms. The molecular weight excluding hydrogens is 280 g/mol. The van der Waals surface area contributed by atoms with Crippen LogP contribution in [-0.4, -0.2) is 24.4 Å². The van der Waals surface area contributed by atoms with Gasteiger partial charge in [-0.25, -0.2) is 0 Å². The molecule has 2 aliphatic heterocycles. The predicted molar refractivity (Wildman–Crippen MR) is 81.1 cm³/mol. The van der Waals surface area contributed by atoms with E-state index in [1.165, 1.54) is 0 Å². The summed E-state index contributed by atoms with van der Waals surface area (Å²) in [5, 5.41) is 9.45. The van der Waals surface area contributed by atoms with E-state index in [0.29, 0.717) is 6.61 Å². The van der Waals surface area contributed by atoms with Crippen LogP contribution in [0.5, 0.6) is 11.5 Å². The van der Waals surface area contributed by atoms with Crippen LogP contribution in [-0.2, 0) is 15.3 Å². The molecule has 4 heteroatoms. The van der Waals surface area contributed by atoms with E-state index in [1.807, 2.05) is 50.2 Å². The van der Waals surface area contributed by atoms with Crippen LogP contribution in [0, 0.1) is 13.8 Å². The highest BCUT2D eigenvalue weighted by Gasteiger charge is 2.50. The van der Waals surface area contributed by atoms with Crippen molar-refractivity contribution in [2.24, 2.45) is 0 Å². The Bertz CT molecular complexity index is 686. The molecule has 1 fully saturated rings. The van der Waals surface area contributed by atoms with Crippen LogP contribution < -0.4 is 4.74 Å². The minimum atomic E-state index is -0.992. The number of fused-ring (bicyclic) bond motifs is 4. The average molecular weight is 298 g/mol. The highest BCUT2D eigenvalue weighted by Crippen LogP contribution is 2.52. The molecule has 2 aromatic rings. The van der Waals surface area contributed by atoms with Gasteiger partial charge in [0, 0.05) is 0 Å². The molecule has 114 valence electrons. The molecule has 0 unspecified atom stereocenters. The van der Waals surface area contributed by atoms with Crippen LogP contribution in [0.15, 0.2) is 36.4 Å². The zero-order valence-electron chi connectivity index (χ0n) is 12.6. The van der Waals surface area contributed by atoms with Crippen molar-refractivity contribution >= 4 is 0 Å². The molecule has 22 heavy (non-hydrogen) atoms. The molecule has 2 aliphatic rings. The Kier molecular flexibility index (Phi) is 3.01. The first kappa shape index (κ1) is 13.8. The van der Waals surface area contributed by atoms with Crippen LogP contribution >= 0.6 is 0 Å². The summed E-state index contributed by atoms with van der Waals surface area (Å²) in [7, 11) is 0. The minimum absolute atomic E-state index is 0.0646. The topological polar surface area (TPSA) is 47.9 Å². The smallest absolute Gasteiger partial charge is 0.230 e. The first-order valence-corrected chi connectivity index (χ1v) is 7.45. The summed E-state index contributed by atoms with van der Waals surface area (Å²) in [5.41, 5.74) is 3.94. The zero-order valence-corrected chi connectivity index (χ0v) is 12.6. The Morgan fingerprint density at radius 2 is 1.64 bits per heavy atom. The van der Waals surface area contributed by atoms with Crippen molar-refractivity contribution in [3.63, 3.8) is 0 Å². The van der Waals surface area contributed by atoms with E-state index >= 15 is 0 Å². The van der Waals surface area contributed by atoms with Gasteiger partial charge in [0.15, 0.2) is 0 Å². The zero-order chi connectivity index (χ0) is 15.3. The van der Waals surface area contributed by atoms with Gasteiger partial charge in [0.05, 0.1) is 24.3 Å². The highest BCUT2D eigenvalue weighted by molar-refractivity contribution is 5.56. The molecule has 0 saturated carbocycles. The SMILES string of the molecule is Cc1ccc2c(c1)C1(OC[C@H](CO)O1)c1cc(C)ccc1O2. The van der Waals surface area contributed by atoms with Crippen LogP contribution in [0.1, 0.15) is 22.3 Å². The molecule has 0 aromatic heterocycles. The molecule has 0 aliphatic carbocycles. The number of hydrogen-bond acceptors (Lipinski definition) is 4. The number of aryl methyl sites for hydroxylation is 2. The van der Waals surface area contributed by atoms with Crippen molar-refractivity contribution in [1.82, 2.24) is 0 Å². The number of benzene rings is 2. The first-order valence-electron chi connectivity index (χ1n) is 7.45. The van der Waals surface area contributed by atoms with Crippen LogP contribution in [0.25, 0.3) is 0 Å². The molecule has 2 heterocycles. The molecule has 4 rings (SSSR count). The fraction of sp³-hybridized carbons (Fsp3) is 0.333. The van der Waals surface area contributed by atoms with Gasteiger partial charge >= 0.3 is 0 Å².